The molecule has 0 saturated carbocycles. The van der Waals surface area contributed by atoms with E-state index in [0.29, 0.717) is 11.8 Å². The number of piperidine rings is 1. The van der Waals surface area contributed by atoms with Crippen molar-refractivity contribution in [1.29, 1.82) is 0 Å². The van der Waals surface area contributed by atoms with Gasteiger partial charge in [0.05, 0.1) is 5.48 Å². The van der Waals surface area contributed by atoms with Crippen molar-refractivity contribution in [2.75, 3.05) is 19.7 Å². The van der Waals surface area contributed by atoms with E-state index in [1.807, 2.05) is 0 Å². The normalized spacial score (nSPS) is 35.6. The maximum Gasteiger partial charge on any atom is 0.165 e. The van der Waals surface area contributed by atoms with Gasteiger partial charge in [0.1, 0.15) is 25.0 Å². The molecule has 0 spiro atoms. The van der Waals surface area contributed by atoms with Crippen molar-refractivity contribution in [2.45, 2.75) is 31.9 Å². The van der Waals surface area contributed by atoms with Gasteiger partial charge in [-0.2, -0.15) is 0 Å². The number of hydrogen-bond acceptors (Lipinski definition) is 4. The van der Waals surface area contributed by atoms with Crippen molar-refractivity contribution in [3.8, 4) is 17.2 Å². The summed E-state index contributed by atoms with van der Waals surface area (Å²) in [5.41, 5.74) is 0. The van der Waals surface area contributed by atoms with Gasteiger partial charge in [-0.25, -0.2) is 0 Å². The number of ether oxygens (including phenoxy) is 3. The first-order valence-corrected chi connectivity index (χ1v) is 6.19. The van der Waals surface area contributed by atoms with E-state index in [9.17, 15) is 0 Å². The molecule has 0 bridgehead atoms. The predicted octanol–water partition coefficient (Wildman–Crippen LogP) is 1.98. The van der Waals surface area contributed by atoms with Crippen LogP contribution in [-0.4, -0.2) is 31.8 Å². The Morgan fingerprint density at radius 2 is 2.17 bits per heavy atom. The second-order valence-corrected chi connectivity index (χ2v) is 4.64. The quantitative estimate of drug-likeness (QED) is 0.875. The highest BCUT2D eigenvalue weighted by Gasteiger charge is 2.20. The van der Waals surface area contributed by atoms with E-state index in [2.05, 4.69) is 12.2 Å². The van der Waals surface area contributed by atoms with E-state index in [0.717, 1.165) is 19.4 Å². The van der Waals surface area contributed by atoms with Crippen LogP contribution in [0.3, 0.4) is 0 Å². The van der Waals surface area contributed by atoms with Gasteiger partial charge in [0.15, 0.2) is 11.5 Å². The summed E-state index contributed by atoms with van der Waals surface area (Å²) in [7, 11) is 0. The molecule has 1 saturated heterocycles. The van der Waals surface area contributed by atoms with Crippen LogP contribution in [0.25, 0.3) is 0 Å². The highest BCUT2D eigenvalue weighted by molar-refractivity contribution is 5.46. The summed E-state index contributed by atoms with van der Waals surface area (Å²) >= 11 is 0. The minimum absolute atomic E-state index is 0.0991. The fourth-order valence-corrected chi connectivity index (χ4v) is 2.26. The topological polar surface area (TPSA) is 39.7 Å². The Balaban J connectivity index is 1.77. The van der Waals surface area contributed by atoms with E-state index in [1.165, 1.54) is 0 Å². The van der Waals surface area contributed by atoms with Crippen molar-refractivity contribution >= 4 is 0 Å². The fourth-order valence-electron chi connectivity index (χ4n) is 2.26. The standard InChI is InChI=1S/C14H19NO3/c1-10-8-12(4-5-15-10)18-11-2-3-13-14(9-11)17-7-6-16-13/h2-3,9-10,12,15H,4-8H2,1H3/t10-,12+/m1/s1/i6D2,7D2. The number of nitrogens with one attached hydrogen (secondary N) is 1. The molecule has 0 aromatic heterocycles. The van der Waals surface area contributed by atoms with Crippen LogP contribution in [0.1, 0.15) is 25.2 Å². The first kappa shape index (κ1) is 7.89. The van der Waals surface area contributed by atoms with Crippen LogP contribution in [0, 0.1) is 0 Å². The zero-order valence-electron chi connectivity index (χ0n) is 14.2. The van der Waals surface area contributed by atoms with E-state index >= 15 is 0 Å². The minimum Gasteiger partial charge on any atom is -0.490 e. The largest absolute Gasteiger partial charge is 0.490 e. The number of rotatable bonds is 2. The van der Waals surface area contributed by atoms with Gasteiger partial charge in [-0.15, -0.1) is 0 Å². The Morgan fingerprint density at radius 3 is 3.00 bits per heavy atom. The molecular formula is C14H19NO3. The molecule has 18 heavy (non-hydrogen) atoms. The summed E-state index contributed by atoms with van der Waals surface area (Å²) in [6.45, 7) is -2.08. The Bertz CT molecular complexity index is 567. The van der Waals surface area contributed by atoms with Crippen LogP contribution >= 0.6 is 0 Å². The molecule has 4 nitrogen and oxygen atoms in total. The first-order chi connectivity index (χ1) is 10.3. The molecule has 2 aliphatic heterocycles. The van der Waals surface area contributed by atoms with E-state index in [4.69, 9.17) is 19.7 Å². The second-order valence-electron chi connectivity index (χ2n) is 4.64. The van der Waals surface area contributed by atoms with Gasteiger partial charge in [0.25, 0.3) is 0 Å². The third-order valence-electron chi connectivity index (χ3n) is 3.16. The molecule has 1 aromatic rings. The average Bonchev–Trinajstić information content (AvgIpc) is 2.40. The van der Waals surface area contributed by atoms with Gasteiger partial charge in [-0.05, 0) is 38.4 Å². The molecule has 98 valence electrons. The van der Waals surface area contributed by atoms with Crippen molar-refractivity contribution in [1.82, 2.24) is 5.32 Å². The van der Waals surface area contributed by atoms with Crippen LogP contribution in [0.4, 0.5) is 0 Å². The molecule has 1 aromatic carbocycles. The van der Waals surface area contributed by atoms with Crippen LogP contribution in [0.15, 0.2) is 18.2 Å². The molecular weight excluding hydrogens is 230 g/mol. The number of fused-ring (bicyclic) bond motifs is 1. The number of benzene rings is 1. The molecule has 2 heterocycles. The van der Waals surface area contributed by atoms with Crippen LogP contribution in [-0.2, 0) is 0 Å². The average molecular weight is 253 g/mol. The summed E-state index contributed by atoms with van der Waals surface area (Å²) in [6.07, 6.45) is 1.90. The molecule has 2 atom stereocenters. The fraction of sp³-hybridized carbons (Fsp3) is 0.571. The van der Waals surface area contributed by atoms with Gasteiger partial charge in [0, 0.05) is 12.1 Å². The number of hydrogen-bond donors (Lipinski definition) is 1. The van der Waals surface area contributed by atoms with Crippen LogP contribution in [0.2, 0.25) is 0 Å². The maximum absolute atomic E-state index is 7.60. The van der Waals surface area contributed by atoms with Crippen molar-refractivity contribution < 1.29 is 19.7 Å². The Hall–Kier alpha value is -1.42. The van der Waals surface area contributed by atoms with Crippen molar-refractivity contribution in [3.05, 3.63) is 18.2 Å². The third kappa shape index (κ3) is 2.53. The highest BCUT2D eigenvalue weighted by Crippen LogP contribution is 2.34. The van der Waals surface area contributed by atoms with Crippen molar-refractivity contribution in [2.24, 2.45) is 0 Å². The summed E-state index contributed by atoms with van der Waals surface area (Å²) in [5, 5.41) is 3.35. The lowest BCUT2D eigenvalue weighted by atomic mass is 10.0. The van der Waals surface area contributed by atoms with E-state index in [1.54, 1.807) is 18.2 Å². The zero-order chi connectivity index (χ0) is 16.0. The SMILES string of the molecule is [2H]C1([2H])Oc2ccc(O[C@H]3CCN[C@H](C)C3)cc2OC1([2H])[2H]. The molecule has 0 unspecified atom stereocenters. The second kappa shape index (κ2) is 5.06. The molecule has 0 radical (unpaired) electrons. The zero-order valence-corrected chi connectivity index (χ0v) is 10.2. The van der Waals surface area contributed by atoms with E-state index in [-0.39, 0.29) is 17.6 Å². The molecule has 2 aliphatic rings. The van der Waals surface area contributed by atoms with Gasteiger partial charge < -0.3 is 19.5 Å². The van der Waals surface area contributed by atoms with Crippen LogP contribution < -0.4 is 19.5 Å². The van der Waals surface area contributed by atoms with Gasteiger partial charge in [0.2, 0.25) is 0 Å². The van der Waals surface area contributed by atoms with Gasteiger partial charge in [-0.3, -0.25) is 0 Å². The lowest BCUT2D eigenvalue weighted by Crippen LogP contribution is -2.40. The predicted molar refractivity (Wildman–Crippen MR) is 68.5 cm³/mol. The van der Waals surface area contributed by atoms with Gasteiger partial charge >= 0.3 is 0 Å². The van der Waals surface area contributed by atoms with Crippen LogP contribution in [0.5, 0.6) is 17.2 Å². The molecule has 3 rings (SSSR count). The minimum atomic E-state index is -2.55. The third-order valence-corrected chi connectivity index (χ3v) is 3.16. The first-order valence-electron chi connectivity index (χ1n) is 8.19. The summed E-state index contributed by atoms with van der Waals surface area (Å²) in [4.78, 5) is 0. The lowest BCUT2D eigenvalue weighted by molar-refractivity contribution is 0.140. The molecule has 4 heteroatoms. The Kier molecular flexibility index (Phi) is 2.22. The monoisotopic (exact) mass is 253 g/mol. The summed E-state index contributed by atoms with van der Waals surface area (Å²) < 4.78 is 46.4. The van der Waals surface area contributed by atoms with E-state index < -0.39 is 13.1 Å². The molecule has 1 N–H and O–H groups in total. The Morgan fingerprint density at radius 1 is 1.33 bits per heavy atom. The summed E-state index contributed by atoms with van der Waals surface area (Å²) in [5.74, 6) is 0.894. The summed E-state index contributed by atoms with van der Waals surface area (Å²) in [6, 6.07) is 5.18. The maximum atomic E-state index is 7.60. The smallest absolute Gasteiger partial charge is 0.165 e. The highest BCUT2D eigenvalue weighted by atomic mass is 16.6. The van der Waals surface area contributed by atoms with Crippen molar-refractivity contribution in [3.63, 3.8) is 0 Å². The molecule has 0 aliphatic carbocycles. The van der Waals surface area contributed by atoms with Gasteiger partial charge in [-0.1, -0.05) is 0 Å². The Labute approximate surface area is 113 Å². The molecule has 0 amide bonds. The lowest BCUT2D eigenvalue weighted by Gasteiger charge is -2.29. The molecule has 1 fully saturated rings.